The van der Waals surface area contributed by atoms with E-state index in [-0.39, 0.29) is 17.6 Å². The number of hydrogen-bond donors (Lipinski definition) is 3. The van der Waals surface area contributed by atoms with Crippen molar-refractivity contribution in [1.29, 1.82) is 0 Å². The molecule has 1 saturated heterocycles. The summed E-state index contributed by atoms with van der Waals surface area (Å²) in [4.78, 5) is 18.7. The Morgan fingerprint density at radius 1 is 1.15 bits per heavy atom. The van der Waals surface area contributed by atoms with Crippen molar-refractivity contribution >= 4 is 28.2 Å². The number of anilines is 2. The van der Waals surface area contributed by atoms with Crippen LogP contribution in [0.2, 0.25) is 0 Å². The summed E-state index contributed by atoms with van der Waals surface area (Å²) in [6.07, 6.45) is 0. The lowest BCUT2D eigenvalue weighted by molar-refractivity contribution is 0.251. The third-order valence-electron chi connectivity index (χ3n) is 6.10. The lowest BCUT2D eigenvalue weighted by atomic mass is 9.82. The van der Waals surface area contributed by atoms with Gasteiger partial charge in [-0.15, -0.1) is 11.3 Å². The van der Waals surface area contributed by atoms with Crippen LogP contribution >= 0.6 is 11.3 Å². The van der Waals surface area contributed by atoms with Gasteiger partial charge in [0.05, 0.1) is 5.69 Å². The largest absolute Gasteiger partial charge is 0.364 e. The average Bonchev–Trinajstić information content (AvgIpc) is 3.28. The van der Waals surface area contributed by atoms with Crippen molar-refractivity contribution in [2.45, 2.75) is 32.7 Å². The van der Waals surface area contributed by atoms with Gasteiger partial charge >= 0.3 is 6.03 Å². The fourth-order valence-electron chi connectivity index (χ4n) is 3.97. The first-order valence-electron chi connectivity index (χ1n) is 11.3. The molecule has 2 amide bonds. The zero-order chi connectivity index (χ0) is 24.3. The molecule has 0 atom stereocenters. The monoisotopic (exact) mass is 485 g/mol. The Labute approximate surface area is 202 Å². The fraction of sp³-hybridized carbons (Fsp3) is 0.360. The van der Waals surface area contributed by atoms with E-state index in [1.165, 1.54) is 29.0 Å². The molecule has 1 fully saturated rings. The number of carbonyl (C=O) groups excluding carboxylic acids is 1. The average molecular weight is 486 g/mol. The Bertz CT molecular complexity index is 1130. The van der Waals surface area contributed by atoms with E-state index in [1.807, 2.05) is 12.3 Å². The molecule has 180 valence electrons. The minimum Gasteiger partial charge on any atom is -0.364 e. The quantitative estimate of drug-likeness (QED) is 0.470. The fourth-order valence-corrected chi connectivity index (χ4v) is 4.84. The topological polar surface area (TPSA) is 69.3 Å². The second-order valence-electron chi connectivity index (χ2n) is 8.98. The smallest absolute Gasteiger partial charge is 0.321 e. The van der Waals surface area contributed by atoms with Crippen molar-refractivity contribution in [1.82, 2.24) is 15.6 Å². The molecule has 4 rings (SSSR count). The van der Waals surface area contributed by atoms with Gasteiger partial charge in [-0.2, -0.15) is 0 Å². The standard InChI is InChI=1S/C25H29F2N5OS/c1-16-4-6-18(7-5-16)25(2,3)21-15-34-24(30-21)31-23(33)29-14-17-12-19(26)22(20(27)13-17)32-10-8-28-9-11-32/h4-7,12-13,15,28H,8-11,14H2,1-3H3,(H2,29,30,31,33). The first kappa shape index (κ1) is 24.1. The number of rotatable bonds is 6. The number of urea groups is 1. The molecular weight excluding hydrogens is 456 g/mol. The molecule has 3 N–H and O–H groups in total. The molecule has 0 radical (unpaired) electrons. The number of nitrogens with zero attached hydrogens (tertiary/aromatic N) is 2. The molecule has 6 nitrogen and oxygen atoms in total. The van der Waals surface area contributed by atoms with Crippen molar-refractivity contribution in [2.24, 2.45) is 0 Å². The van der Waals surface area contributed by atoms with Crippen LogP contribution < -0.4 is 20.9 Å². The molecule has 0 aliphatic carbocycles. The van der Waals surface area contributed by atoms with Gasteiger partial charge in [0, 0.05) is 43.5 Å². The van der Waals surface area contributed by atoms with Gasteiger partial charge in [0.2, 0.25) is 0 Å². The molecule has 0 bridgehead atoms. The van der Waals surface area contributed by atoms with Gasteiger partial charge in [0.25, 0.3) is 0 Å². The highest BCUT2D eigenvalue weighted by Crippen LogP contribution is 2.33. The summed E-state index contributed by atoms with van der Waals surface area (Å²) in [6.45, 7) is 8.67. The van der Waals surface area contributed by atoms with E-state index in [1.54, 1.807) is 4.90 Å². The molecular formula is C25H29F2N5OS. The van der Waals surface area contributed by atoms with E-state index in [0.717, 1.165) is 11.3 Å². The van der Waals surface area contributed by atoms with Crippen LogP contribution in [0, 0.1) is 18.6 Å². The van der Waals surface area contributed by atoms with Gasteiger partial charge in [-0.1, -0.05) is 43.7 Å². The van der Waals surface area contributed by atoms with Crippen molar-refractivity contribution in [3.8, 4) is 0 Å². The highest BCUT2D eigenvalue weighted by Gasteiger charge is 2.26. The third kappa shape index (κ3) is 5.37. The summed E-state index contributed by atoms with van der Waals surface area (Å²) in [5.74, 6) is -1.25. The number of aromatic nitrogens is 1. The Balaban J connectivity index is 1.36. The van der Waals surface area contributed by atoms with Gasteiger partial charge in [-0.25, -0.2) is 18.6 Å². The minimum absolute atomic E-state index is 0.00536. The predicted octanol–water partition coefficient (Wildman–Crippen LogP) is 4.79. The van der Waals surface area contributed by atoms with E-state index < -0.39 is 17.7 Å². The second kappa shape index (κ2) is 10.1. The van der Waals surface area contributed by atoms with E-state index >= 15 is 0 Å². The van der Waals surface area contributed by atoms with E-state index in [2.05, 4.69) is 59.0 Å². The summed E-state index contributed by atoms with van der Waals surface area (Å²) in [5, 5.41) is 10.9. The molecule has 1 aliphatic heterocycles. The van der Waals surface area contributed by atoms with Gasteiger partial charge in [0.1, 0.15) is 17.3 Å². The summed E-state index contributed by atoms with van der Waals surface area (Å²) in [7, 11) is 0. The number of hydrogen-bond acceptors (Lipinski definition) is 5. The maximum atomic E-state index is 14.6. The molecule has 2 heterocycles. The maximum Gasteiger partial charge on any atom is 0.321 e. The number of halogens is 2. The van der Waals surface area contributed by atoms with E-state index in [0.29, 0.717) is 36.9 Å². The van der Waals surface area contributed by atoms with Crippen LogP contribution in [0.4, 0.5) is 24.4 Å². The number of carbonyl (C=O) groups is 1. The number of benzene rings is 2. The van der Waals surface area contributed by atoms with Crippen molar-refractivity contribution in [2.75, 3.05) is 36.4 Å². The summed E-state index contributed by atoms with van der Waals surface area (Å²) >= 11 is 1.33. The van der Waals surface area contributed by atoms with Crippen LogP contribution in [-0.4, -0.2) is 37.2 Å². The number of piperazine rings is 1. The Morgan fingerprint density at radius 2 is 1.79 bits per heavy atom. The zero-order valence-corrected chi connectivity index (χ0v) is 20.4. The first-order chi connectivity index (χ1) is 16.2. The maximum absolute atomic E-state index is 14.6. The minimum atomic E-state index is -0.623. The molecule has 0 spiro atoms. The van der Waals surface area contributed by atoms with Crippen LogP contribution in [0.5, 0.6) is 0 Å². The lowest BCUT2D eigenvalue weighted by Crippen LogP contribution is -2.44. The molecule has 34 heavy (non-hydrogen) atoms. The Morgan fingerprint density at radius 3 is 2.44 bits per heavy atom. The molecule has 1 aliphatic rings. The molecule has 0 saturated carbocycles. The van der Waals surface area contributed by atoms with Crippen LogP contribution in [0.1, 0.15) is 36.2 Å². The molecule has 0 unspecified atom stereocenters. The summed E-state index contributed by atoms with van der Waals surface area (Å²) in [6, 6.07) is 10.4. The van der Waals surface area contributed by atoms with Crippen molar-refractivity contribution in [3.63, 3.8) is 0 Å². The zero-order valence-electron chi connectivity index (χ0n) is 19.5. The van der Waals surface area contributed by atoms with Crippen LogP contribution in [0.3, 0.4) is 0 Å². The van der Waals surface area contributed by atoms with Crippen molar-refractivity contribution < 1.29 is 13.6 Å². The highest BCUT2D eigenvalue weighted by atomic mass is 32.1. The van der Waals surface area contributed by atoms with Gasteiger partial charge in [-0.3, -0.25) is 5.32 Å². The second-order valence-corrected chi connectivity index (χ2v) is 9.84. The third-order valence-corrected chi connectivity index (χ3v) is 6.86. The Hall–Kier alpha value is -3.04. The van der Waals surface area contributed by atoms with Gasteiger partial charge in [0.15, 0.2) is 5.13 Å². The number of thiazole rings is 1. The molecule has 1 aromatic heterocycles. The van der Waals surface area contributed by atoms with Gasteiger partial charge in [-0.05, 0) is 30.2 Å². The van der Waals surface area contributed by atoms with E-state index in [4.69, 9.17) is 0 Å². The molecule has 3 aromatic rings. The molecule has 9 heteroatoms. The van der Waals surface area contributed by atoms with Gasteiger partial charge < -0.3 is 15.5 Å². The van der Waals surface area contributed by atoms with Crippen molar-refractivity contribution in [3.05, 3.63) is 75.8 Å². The lowest BCUT2D eigenvalue weighted by Gasteiger charge is -2.30. The van der Waals surface area contributed by atoms with Crippen LogP contribution in [-0.2, 0) is 12.0 Å². The summed E-state index contributed by atoms with van der Waals surface area (Å²) in [5.41, 5.74) is 3.19. The number of amides is 2. The molecule has 2 aromatic carbocycles. The highest BCUT2D eigenvalue weighted by molar-refractivity contribution is 7.13. The number of nitrogens with one attached hydrogen (secondary N) is 3. The first-order valence-corrected chi connectivity index (χ1v) is 12.1. The Kier molecular flexibility index (Phi) is 7.13. The SMILES string of the molecule is Cc1ccc(C(C)(C)c2csc(NC(=O)NCc3cc(F)c(N4CCNCC4)c(F)c3)n2)cc1. The number of aryl methyl sites for hydroxylation is 1. The van der Waals surface area contributed by atoms with Crippen LogP contribution in [0.15, 0.2) is 41.8 Å². The predicted molar refractivity (Wildman–Crippen MR) is 133 cm³/mol. The van der Waals surface area contributed by atoms with E-state index in [9.17, 15) is 13.6 Å². The summed E-state index contributed by atoms with van der Waals surface area (Å²) < 4.78 is 29.2. The van der Waals surface area contributed by atoms with Crippen LogP contribution in [0.25, 0.3) is 0 Å². The normalized spacial score (nSPS) is 14.2.